The molecule has 1 saturated heterocycles. The molecule has 2 heterocycles. The van der Waals surface area contributed by atoms with E-state index in [1.165, 1.54) is 0 Å². The van der Waals surface area contributed by atoms with Crippen LogP contribution in [0.1, 0.15) is 33.3 Å². The zero-order chi connectivity index (χ0) is 16.9. The van der Waals surface area contributed by atoms with Crippen molar-refractivity contribution in [2.45, 2.75) is 19.9 Å². The summed E-state index contributed by atoms with van der Waals surface area (Å²) >= 11 is 0. The van der Waals surface area contributed by atoms with Gasteiger partial charge in [0, 0.05) is 25.2 Å². The first-order chi connectivity index (χ1) is 11.6. The average Bonchev–Trinajstić information content (AvgIpc) is 3.12. The largest absolute Gasteiger partial charge is 0.468 e. The second kappa shape index (κ2) is 7.64. The van der Waals surface area contributed by atoms with E-state index in [9.17, 15) is 4.79 Å². The first-order valence-corrected chi connectivity index (χ1v) is 8.36. The summed E-state index contributed by atoms with van der Waals surface area (Å²) in [5.74, 6) is 0.833. The molecule has 1 unspecified atom stereocenters. The van der Waals surface area contributed by atoms with Crippen molar-refractivity contribution in [1.29, 1.82) is 0 Å². The van der Waals surface area contributed by atoms with Crippen LogP contribution < -0.4 is 5.32 Å². The van der Waals surface area contributed by atoms with Crippen LogP contribution >= 0.6 is 0 Å². The van der Waals surface area contributed by atoms with E-state index in [1.807, 2.05) is 44.2 Å². The summed E-state index contributed by atoms with van der Waals surface area (Å²) in [7, 11) is 0. The molecule has 5 nitrogen and oxygen atoms in total. The number of furan rings is 1. The summed E-state index contributed by atoms with van der Waals surface area (Å²) in [4.78, 5) is 14.9. The van der Waals surface area contributed by atoms with Crippen LogP contribution in [0.15, 0.2) is 41.0 Å². The lowest BCUT2D eigenvalue weighted by molar-refractivity contribution is 0.0118. The molecule has 0 radical (unpaired) electrons. The van der Waals surface area contributed by atoms with E-state index < -0.39 is 0 Å². The molecule has 5 heteroatoms. The number of nitrogens with zero attached hydrogens (tertiary/aromatic N) is 1. The number of aryl methyl sites for hydroxylation is 2. The maximum Gasteiger partial charge on any atom is 0.251 e. The van der Waals surface area contributed by atoms with Crippen molar-refractivity contribution in [2.24, 2.45) is 0 Å². The summed E-state index contributed by atoms with van der Waals surface area (Å²) in [6.07, 6.45) is 1.68. The highest BCUT2D eigenvalue weighted by Gasteiger charge is 2.25. The normalized spacial score (nSPS) is 16.8. The van der Waals surface area contributed by atoms with Crippen molar-refractivity contribution in [3.8, 4) is 0 Å². The van der Waals surface area contributed by atoms with Crippen molar-refractivity contribution in [3.05, 3.63) is 59.0 Å². The molecule has 1 atom stereocenters. The van der Waals surface area contributed by atoms with Crippen LogP contribution in [0.2, 0.25) is 0 Å². The van der Waals surface area contributed by atoms with Crippen LogP contribution in [0.25, 0.3) is 0 Å². The first-order valence-electron chi connectivity index (χ1n) is 8.36. The van der Waals surface area contributed by atoms with Gasteiger partial charge >= 0.3 is 0 Å². The summed E-state index contributed by atoms with van der Waals surface area (Å²) in [5.41, 5.74) is 2.80. The molecule has 1 aromatic carbocycles. The zero-order valence-corrected chi connectivity index (χ0v) is 14.2. The van der Waals surface area contributed by atoms with Crippen LogP contribution in [-0.2, 0) is 4.74 Å². The number of nitrogens with one attached hydrogen (secondary N) is 1. The minimum atomic E-state index is -0.0407. The number of rotatable bonds is 5. The van der Waals surface area contributed by atoms with Crippen LogP contribution in [0.3, 0.4) is 0 Å². The molecule has 1 N–H and O–H groups in total. The minimum Gasteiger partial charge on any atom is -0.468 e. The van der Waals surface area contributed by atoms with E-state index in [-0.39, 0.29) is 11.9 Å². The predicted octanol–water partition coefficient (Wildman–Crippen LogP) is 2.70. The Kier molecular flexibility index (Phi) is 5.33. The van der Waals surface area contributed by atoms with Crippen LogP contribution in [0, 0.1) is 13.8 Å². The Labute approximate surface area is 142 Å². The second-order valence-corrected chi connectivity index (χ2v) is 6.21. The van der Waals surface area contributed by atoms with Gasteiger partial charge in [0.15, 0.2) is 0 Å². The van der Waals surface area contributed by atoms with Crippen molar-refractivity contribution < 1.29 is 13.9 Å². The lowest BCUT2D eigenvalue weighted by atomic mass is 10.0. The predicted molar refractivity (Wildman–Crippen MR) is 92.1 cm³/mol. The molecule has 1 fully saturated rings. The van der Waals surface area contributed by atoms with Crippen LogP contribution in [0.4, 0.5) is 0 Å². The van der Waals surface area contributed by atoms with Crippen LogP contribution in [-0.4, -0.2) is 43.7 Å². The van der Waals surface area contributed by atoms with Gasteiger partial charge in [0.05, 0.1) is 25.5 Å². The summed E-state index contributed by atoms with van der Waals surface area (Å²) in [6.45, 7) is 7.56. The van der Waals surface area contributed by atoms with Crippen molar-refractivity contribution in [3.63, 3.8) is 0 Å². The van der Waals surface area contributed by atoms with E-state index in [2.05, 4.69) is 10.2 Å². The van der Waals surface area contributed by atoms with Crippen molar-refractivity contribution >= 4 is 5.91 Å². The Hall–Kier alpha value is -2.11. The topological polar surface area (TPSA) is 54.7 Å². The number of benzene rings is 1. The number of carbonyl (C=O) groups is 1. The smallest absolute Gasteiger partial charge is 0.251 e. The molecule has 0 spiro atoms. The number of morpholine rings is 1. The van der Waals surface area contributed by atoms with Gasteiger partial charge in [0.2, 0.25) is 0 Å². The molecule has 3 rings (SSSR count). The van der Waals surface area contributed by atoms with Gasteiger partial charge in [-0.15, -0.1) is 0 Å². The lowest BCUT2D eigenvalue weighted by Gasteiger charge is -2.33. The van der Waals surface area contributed by atoms with Crippen molar-refractivity contribution in [1.82, 2.24) is 10.2 Å². The molecule has 128 valence electrons. The fraction of sp³-hybridized carbons (Fsp3) is 0.421. The Balaban J connectivity index is 1.71. The third-order valence-electron chi connectivity index (χ3n) is 4.45. The van der Waals surface area contributed by atoms with Gasteiger partial charge in [-0.05, 0) is 37.6 Å². The highest BCUT2D eigenvalue weighted by molar-refractivity contribution is 5.95. The SMILES string of the molecule is Cc1ccc(C)c(C(=O)NCC(c2ccco2)N2CCOCC2)c1. The van der Waals surface area contributed by atoms with Crippen LogP contribution in [0.5, 0.6) is 0 Å². The Morgan fingerprint density at radius 2 is 2.04 bits per heavy atom. The Morgan fingerprint density at radius 3 is 2.75 bits per heavy atom. The maximum atomic E-state index is 12.6. The third kappa shape index (κ3) is 3.86. The van der Waals surface area contributed by atoms with E-state index >= 15 is 0 Å². The molecule has 2 aromatic rings. The second-order valence-electron chi connectivity index (χ2n) is 6.21. The van der Waals surface area contributed by atoms with Gasteiger partial charge in [-0.25, -0.2) is 0 Å². The fourth-order valence-corrected chi connectivity index (χ4v) is 3.04. The monoisotopic (exact) mass is 328 g/mol. The Bertz CT molecular complexity index is 676. The molecular weight excluding hydrogens is 304 g/mol. The number of ether oxygens (including phenoxy) is 1. The molecule has 1 amide bonds. The van der Waals surface area contributed by atoms with Gasteiger partial charge in [0.25, 0.3) is 5.91 Å². The lowest BCUT2D eigenvalue weighted by Crippen LogP contribution is -2.43. The maximum absolute atomic E-state index is 12.6. The molecule has 0 bridgehead atoms. The van der Waals surface area contributed by atoms with Gasteiger partial charge in [-0.3, -0.25) is 9.69 Å². The quantitative estimate of drug-likeness (QED) is 0.917. The minimum absolute atomic E-state index is 0.0259. The molecule has 24 heavy (non-hydrogen) atoms. The number of amides is 1. The molecule has 1 aliphatic rings. The van der Waals surface area contributed by atoms with E-state index in [1.54, 1.807) is 6.26 Å². The average molecular weight is 328 g/mol. The Morgan fingerprint density at radius 1 is 1.25 bits per heavy atom. The van der Waals surface area contributed by atoms with E-state index in [4.69, 9.17) is 9.15 Å². The third-order valence-corrected chi connectivity index (χ3v) is 4.45. The fourth-order valence-electron chi connectivity index (χ4n) is 3.04. The number of carbonyl (C=O) groups excluding carboxylic acids is 1. The van der Waals surface area contributed by atoms with E-state index in [0.717, 1.165) is 35.5 Å². The number of hydrogen-bond donors (Lipinski definition) is 1. The summed E-state index contributed by atoms with van der Waals surface area (Å²) in [6, 6.07) is 9.81. The van der Waals surface area contributed by atoms with Gasteiger partial charge in [-0.1, -0.05) is 17.7 Å². The molecular formula is C19H24N2O3. The van der Waals surface area contributed by atoms with Crippen molar-refractivity contribution in [2.75, 3.05) is 32.8 Å². The molecule has 1 aromatic heterocycles. The summed E-state index contributed by atoms with van der Waals surface area (Å²) < 4.78 is 11.0. The highest BCUT2D eigenvalue weighted by Crippen LogP contribution is 2.22. The standard InChI is InChI=1S/C19H24N2O3/c1-14-5-6-15(2)16(12-14)19(22)20-13-17(18-4-3-9-24-18)21-7-10-23-11-8-21/h3-6,9,12,17H,7-8,10-11,13H2,1-2H3,(H,20,22). The number of hydrogen-bond acceptors (Lipinski definition) is 4. The molecule has 0 aliphatic carbocycles. The van der Waals surface area contributed by atoms with E-state index in [0.29, 0.717) is 19.8 Å². The highest BCUT2D eigenvalue weighted by atomic mass is 16.5. The van der Waals surface area contributed by atoms with Gasteiger partial charge < -0.3 is 14.5 Å². The zero-order valence-electron chi connectivity index (χ0n) is 14.2. The van der Waals surface area contributed by atoms with Gasteiger partial charge in [-0.2, -0.15) is 0 Å². The molecule has 1 aliphatic heterocycles. The molecule has 0 saturated carbocycles. The summed E-state index contributed by atoms with van der Waals surface area (Å²) in [5, 5.41) is 3.07. The first kappa shape index (κ1) is 16.7. The van der Waals surface area contributed by atoms with Gasteiger partial charge in [0.1, 0.15) is 5.76 Å².